The van der Waals surface area contributed by atoms with Crippen molar-refractivity contribution < 1.29 is 0 Å². The van der Waals surface area contributed by atoms with Crippen molar-refractivity contribution in [2.45, 2.75) is 44.6 Å². The molecule has 0 amide bonds. The minimum Gasteiger partial charge on any atom is -0.313 e. The number of nitrogens with zero attached hydrogens (tertiary/aromatic N) is 1. The number of likely N-dealkylation sites (tertiary alicyclic amines) is 1. The summed E-state index contributed by atoms with van der Waals surface area (Å²) in [5.74, 6) is 0.940. The van der Waals surface area contributed by atoms with Gasteiger partial charge >= 0.3 is 0 Å². The van der Waals surface area contributed by atoms with E-state index in [2.05, 4.69) is 17.3 Å². The van der Waals surface area contributed by atoms with Crippen molar-refractivity contribution in [1.82, 2.24) is 10.2 Å². The van der Waals surface area contributed by atoms with Crippen molar-refractivity contribution in [3.05, 3.63) is 0 Å². The largest absolute Gasteiger partial charge is 0.313 e. The van der Waals surface area contributed by atoms with Crippen molar-refractivity contribution in [2.75, 3.05) is 26.7 Å². The molecule has 2 saturated heterocycles. The molecule has 3 aliphatic rings. The molecule has 0 aromatic rings. The molecule has 1 N–H and O–H groups in total. The SMILES string of the molecule is CN1CC2CCCNC2C2(CCCC2)C1. The minimum atomic E-state index is 0.651. The number of fused-ring (bicyclic) bond motifs is 2. The summed E-state index contributed by atoms with van der Waals surface area (Å²) in [6, 6.07) is 0.852. The van der Waals surface area contributed by atoms with Crippen LogP contribution in [-0.4, -0.2) is 37.6 Å². The lowest BCUT2D eigenvalue weighted by Crippen LogP contribution is -2.61. The summed E-state index contributed by atoms with van der Waals surface area (Å²) in [6.45, 7) is 3.95. The molecule has 0 radical (unpaired) electrons. The first-order valence-electron chi connectivity index (χ1n) is 6.72. The zero-order chi connectivity index (χ0) is 10.3. The Bertz CT molecular complexity index is 233. The summed E-state index contributed by atoms with van der Waals surface area (Å²) >= 11 is 0. The Labute approximate surface area is 93.4 Å². The zero-order valence-electron chi connectivity index (χ0n) is 9.97. The van der Waals surface area contributed by atoms with Gasteiger partial charge in [-0.25, -0.2) is 0 Å². The minimum absolute atomic E-state index is 0.651. The molecular weight excluding hydrogens is 184 g/mol. The van der Waals surface area contributed by atoms with Gasteiger partial charge in [-0.3, -0.25) is 0 Å². The van der Waals surface area contributed by atoms with Crippen LogP contribution in [0.25, 0.3) is 0 Å². The summed E-state index contributed by atoms with van der Waals surface area (Å²) in [4.78, 5) is 2.60. The van der Waals surface area contributed by atoms with Crippen LogP contribution in [0.3, 0.4) is 0 Å². The van der Waals surface area contributed by atoms with Crippen molar-refractivity contribution in [1.29, 1.82) is 0 Å². The summed E-state index contributed by atoms with van der Waals surface area (Å²) in [5.41, 5.74) is 0.651. The van der Waals surface area contributed by atoms with Crippen LogP contribution in [0.4, 0.5) is 0 Å². The van der Waals surface area contributed by atoms with E-state index in [0.29, 0.717) is 5.41 Å². The van der Waals surface area contributed by atoms with Crippen LogP contribution in [0.2, 0.25) is 0 Å². The molecule has 2 heteroatoms. The van der Waals surface area contributed by atoms with Gasteiger partial charge in [0.15, 0.2) is 0 Å². The van der Waals surface area contributed by atoms with E-state index in [1.165, 1.54) is 58.2 Å². The Morgan fingerprint density at radius 3 is 2.80 bits per heavy atom. The van der Waals surface area contributed by atoms with Crippen LogP contribution < -0.4 is 5.32 Å². The average molecular weight is 208 g/mol. The lowest BCUT2D eigenvalue weighted by molar-refractivity contribution is 0.00822. The molecule has 1 spiro atoms. The fourth-order valence-electron chi connectivity index (χ4n) is 4.52. The Hall–Kier alpha value is -0.0800. The van der Waals surface area contributed by atoms with Gasteiger partial charge in [0.05, 0.1) is 0 Å². The van der Waals surface area contributed by atoms with E-state index < -0.39 is 0 Å². The Morgan fingerprint density at radius 1 is 1.20 bits per heavy atom. The van der Waals surface area contributed by atoms with Crippen LogP contribution in [0.15, 0.2) is 0 Å². The average Bonchev–Trinajstić information content (AvgIpc) is 2.67. The van der Waals surface area contributed by atoms with Gasteiger partial charge in [-0.15, -0.1) is 0 Å². The summed E-state index contributed by atoms with van der Waals surface area (Å²) < 4.78 is 0. The van der Waals surface area contributed by atoms with E-state index in [0.717, 1.165) is 12.0 Å². The third kappa shape index (κ3) is 1.62. The van der Waals surface area contributed by atoms with Gasteiger partial charge in [0.2, 0.25) is 0 Å². The third-order valence-electron chi connectivity index (χ3n) is 4.98. The molecular formula is C13H24N2. The lowest BCUT2D eigenvalue weighted by Gasteiger charge is -2.52. The Kier molecular flexibility index (Phi) is 2.52. The second kappa shape index (κ2) is 3.74. The quantitative estimate of drug-likeness (QED) is 0.654. The second-order valence-electron chi connectivity index (χ2n) is 6.10. The van der Waals surface area contributed by atoms with Gasteiger partial charge in [0, 0.05) is 19.1 Å². The summed E-state index contributed by atoms with van der Waals surface area (Å²) in [7, 11) is 2.32. The van der Waals surface area contributed by atoms with Crippen LogP contribution in [0.5, 0.6) is 0 Å². The van der Waals surface area contributed by atoms with Gasteiger partial charge < -0.3 is 10.2 Å². The standard InChI is InChI=1S/C13H24N2/c1-15-9-11-5-4-8-14-12(11)13(10-15)6-2-3-7-13/h11-12,14H,2-10H2,1H3. The first-order chi connectivity index (χ1) is 7.30. The normalized spacial score (nSPS) is 40.6. The highest BCUT2D eigenvalue weighted by molar-refractivity contribution is 5.04. The Morgan fingerprint density at radius 2 is 2.00 bits per heavy atom. The van der Waals surface area contributed by atoms with E-state index in [-0.39, 0.29) is 0 Å². The molecule has 0 aromatic heterocycles. The number of hydrogen-bond acceptors (Lipinski definition) is 2. The predicted octanol–water partition coefficient (Wildman–Crippen LogP) is 1.86. The van der Waals surface area contributed by atoms with Crippen LogP contribution in [0.1, 0.15) is 38.5 Å². The molecule has 0 aromatic carbocycles. The van der Waals surface area contributed by atoms with Crippen molar-refractivity contribution in [3.63, 3.8) is 0 Å². The number of piperidine rings is 2. The first kappa shape index (κ1) is 10.1. The highest BCUT2D eigenvalue weighted by Gasteiger charge is 2.48. The number of hydrogen-bond donors (Lipinski definition) is 1. The van der Waals surface area contributed by atoms with Crippen LogP contribution in [0, 0.1) is 11.3 Å². The Balaban J connectivity index is 1.84. The van der Waals surface area contributed by atoms with E-state index in [9.17, 15) is 0 Å². The van der Waals surface area contributed by atoms with Gasteiger partial charge in [-0.2, -0.15) is 0 Å². The van der Waals surface area contributed by atoms with Gasteiger partial charge in [0.25, 0.3) is 0 Å². The molecule has 1 saturated carbocycles. The molecule has 3 fully saturated rings. The topological polar surface area (TPSA) is 15.3 Å². The third-order valence-corrected chi connectivity index (χ3v) is 4.98. The molecule has 3 rings (SSSR count). The maximum Gasteiger partial charge on any atom is 0.0176 e. The number of rotatable bonds is 0. The van der Waals surface area contributed by atoms with Crippen LogP contribution in [-0.2, 0) is 0 Å². The highest BCUT2D eigenvalue weighted by atomic mass is 15.2. The highest BCUT2D eigenvalue weighted by Crippen LogP contribution is 2.47. The fraction of sp³-hybridized carbons (Fsp3) is 1.00. The van der Waals surface area contributed by atoms with Gasteiger partial charge in [-0.05, 0) is 50.6 Å². The summed E-state index contributed by atoms with van der Waals surface area (Å²) in [6.07, 6.45) is 8.75. The van der Waals surface area contributed by atoms with E-state index in [4.69, 9.17) is 0 Å². The van der Waals surface area contributed by atoms with Crippen molar-refractivity contribution in [2.24, 2.45) is 11.3 Å². The number of nitrogens with one attached hydrogen (secondary N) is 1. The van der Waals surface area contributed by atoms with E-state index >= 15 is 0 Å². The van der Waals surface area contributed by atoms with Crippen molar-refractivity contribution >= 4 is 0 Å². The molecule has 2 heterocycles. The van der Waals surface area contributed by atoms with E-state index in [1.54, 1.807) is 0 Å². The molecule has 15 heavy (non-hydrogen) atoms. The molecule has 2 aliphatic heterocycles. The lowest BCUT2D eigenvalue weighted by atomic mass is 9.67. The fourth-order valence-corrected chi connectivity index (χ4v) is 4.52. The first-order valence-corrected chi connectivity index (χ1v) is 6.72. The molecule has 2 unspecified atom stereocenters. The maximum atomic E-state index is 3.85. The zero-order valence-corrected chi connectivity index (χ0v) is 9.97. The smallest absolute Gasteiger partial charge is 0.0176 e. The van der Waals surface area contributed by atoms with E-state index in [1.807, 2.05) is 0 Å². The predicted molar refractivity (Wildman–Crippen MR) is 62.9 cm³/mol. The van der Waals surface area contributed by atoms with Crippen LogP contribution >= 0.6 is 0 Å². The van der Waals surface area contributed by atoms with Gasteiger partial charge in [-0.1, -0.05) is 12.8 Å². The summed E-state index contributed by atoms with van der Waals surface area (Å²) in [5, 5.41) is 3.85. The molecule has 2 nitrogen and oxygen atoms in total. The monoisotopic (exact) mass is 208 g/mol. The molecule has 86 valence electrons. The molecule has 1 aliphatic carbocycles. The van der Waals surface area contributed by atoms with Crippen molar-refractivity contribution in [3.8, 4) is 0 Å². The second-order valence-corrected chi connectivity index (χ2v) is 6.10. The molecule has 2 atom stereocenters. The van der Waals surface area contributed by atoms with Gasteiger partial charge in [0.1, 0.15) is 0 Å². The maximum absolute atomic E-state index is 3.85. The molecule has 0 bridgehead atoms.